The van der Waals surface area contributed by atoms with Gasteiger partial charge < -0.3 is 14.1 Å². The average molecular weight is 424 g/mol. The van der Waals surface area contributed by atoms with E-state index in [1.54, 1.807) is 17.0 Å². The van der Waals surface area contributed by atoms with Gasteiger partial charge in [-0.2, -0.15) is 0 Å². The molecule has 2 aliphatic heterocycles. The Hall–Kier alpha value is -2.63. The molecule has 0 N–H and O–H groups in total. The number of nitrogens with zero attached hydrogens (tertiary/aromatic N) is 1. The van der Waals surface area contributed by atoms with E-state index in [-0.39, 0.29) is 23.2 Å². The Labute approximate surface area is 179 Å². The first-order valence-corrected chi connectivity index (χ1v) is 10.6. The molecule has 1 fully saturated rings. The molecule has 5 rings (SSSR count). The third-order valence-corrected chi connectivity index (χ3v) is 6.27. The largest absolute Gasteiger partial charge is 0.450 e. The first kappa shape index (κ1) is 19.3. The van der Waals surface area contributed by atoms with E-state index in [1.165, 1.54) is 0 Å². The summed E-state index contributed by atoms with van der Waals surface area (Å²) < 4.78 is 11.9. The van der Waals surface area contributed by atoms with Crippen LogP contribution in [0.5, 0.6) is 0 Å². The molecule has 2 aromatic carbocycles. The zero-order chi connectivity index (χ0) is 21.0. The van der Waals surface area contributed by atoms with Crippen LogP contribution in [0.15, 0.2) is 45.6 Å². The van der Waals surface area contributed by atoms with Crippen LogP contribution in [0.25, 0.3) is 11.0 Å². The van der Waals surface area contributed by atoms with Gasteiger partial charge in [0.2, 0.25) is 5.76 Å². The quantitative estimate of drug-likeness (QED) is 0.607. The summed E-state index contributed by atoms with van der Waals surface area (Å²) in [5.41, 5.74) is 3.38. The number of carbonyl (C=O) groups is 1. The Morgan fingerprint density at radius 3 is 2.60 bits per heavy atom. The number of benzene rings is 2. The molecule has 0 radical (unpaired) electrons. The summed E-state index contributed by atoms with van der Waals surface area (Å²) in [5, 5.41) is 1.14. The van der Waals surface area contributed by atoms with Gasteiger partial charge in [-0.3, -0.25) is 9.59 Å². The number of fused-ring (bicyclic) bond motifs is 2. The summed E-state index contributed by atoms with van der Waals surface area (Å²) in [6.45, 7) is 4.97. The van der Waals surface area contributed by atoms with Crippen molar-refractivity contribution >= 4 is 28.5 Å². The van der Waals surface area contributed by atoms with Crippen molar-refractivity contribution in [1.29, 1.82) is 0 Å². The van der Waals surface area contributed by atoms with Crippen molar-refractivity contribution in [3.8, 4) is 0 Å². The fourth-order valence-electron chi connectivity index (χ4n) is 4.70. The van der Waals surface area contributed by atoms with E-state index in [1.807, 2.05) is 38.1 Å². The number of rotatable bonds is 3. The molecule has 1 aromatic heterocycles. The minimum Gasteiger partial charge on any atom is -0.450 e. The molecule has 2 atom stereocenters. The van der Waals surface area contributed by atoms with Crippen LogP contribution in [0, 0.1) is 13.8 Å². The zero-order valence-corrected chi connectivity index (χ0v) is 17.7. The van der Waals surface area contributed by atoms with Gasteiger partial charge >= 0.3 is 0 Å². The van der Waals surface area contributed by atoms with Gasteiger partial charge in [-0.1, -0.05) is 29.8 Å². The molecule has 0 spiro atoms. The minimum atomic E-state index is -0.518. The second-order valence-electron chi connectivity index (χ2n) is 8.18. The first-order valence-electron chi connectivity index (χ1n) is 10.2. The Balaban J connectivity index is 1.73. The maximum absolute atomic E-state index is 13.6. The maximum atomic E-state index is 13.6. The fraction of sp³-hybridized carbons (Fsp3) is 0.333. The van der Waals surface area contributed by atoms with Crippen molar-refractivity contribution in [3.63, 3.8) is 0 Å². The standard InChI is InChI=1S/C24H22ClNO4/c1-13-10-14(2)19-18(11-13)30-23-20(22(19)27)21(15-5-7-16(25)8-6-15)26(24(23)28)12-17-4-3-9-29-17/h5-8,10-11,17,21H,3-4,9,12H2,1-2H3. The molecule has 3 aromatic rings. The Morgan fingerprint density at radius 1 is 1.13 bits per heavy atom. The highest BCUT2D eigenvalue weighted by atomic mass is 35.5. The average Bonchev–Trinajstić information content (AvgIpc) is 3.30. The number of amides is 1. The smallest absolute Gasteiger partial charge is 0.291 e. The van der Waals surface area contributed by atoms with Crippen LogP contribution in [0.2, 0.25) is 5.02 Å². The lowest BCUT2D eigenvalue weighted by molar-refractivity contribution is 0.0486. The van der Waals surface area contributed by atoms with E-state index in [0.29, 0.717) is 34.7 Å². The normalized spacial score (nSPS) is 20.9. The second-order valence-corrected chi connectivity index (χ2v) is 8.61. The number of hydrogen-bond acceptors (Lipinski definition) is 4. The lowest BCUT2D eigenvalue weighted by Gasteiger charge is -2.27. The molecule has 0 aliphatic carbocycles. The van der Waals surface area contributed by atoms with Crippen molar-refractivity contribution in [3.05, 3.63) is 79.7 Å². The van der Waals surface area contributed by atoms with Gasteiger partial charge in [0.05, 0.1) is 23.1 Å². The predicted octanol–water partition coefficient (Wildman–Crippen LogP) is 4.79. The van der Waals surface area contributed by atoms with Gasteiger partial charge in [0.25, 0.3) is 5.91 Å². The van der Waals surface area contributed by atoms with E-state index >= 15 is 0 Å². The van der Waals surface area contributed by atoms with E-state index in [9.17, 15) is 9.59 Å². The van der Waals surface area contributed by atoms with Crippen LogP contribution in [0.4, 0.5) is 0 Å². The number of halogens is 1. The summed E-state index contributed by atoms with van der Waals surface area (Å²) in [4.78, 5) is 28.8. The topological polar surface area (TPSA) is 59.8 Å². The second kappa shape index (κ2) is 7.25. The van der Waals surface area contributed by atoms with Crippen molar-refractivity contribution < 1.29 is 13.9 Å². The van der Waals surface area contributed by atoms with Crippen LogP contribution in [-0.2, 0) is 4.74 Å². The van der Waals surface area contributed by atoms with Crippen molar-refractivity contribution in [2.24, 2.45) is 0 Å². The highest BCUT2D eigenvalue weighted by molar-refractivity contribution is 6.30. The molecule has 2 unspecified atom stereocenters. The van der Waals surface area contributed by atoms with Gasteiger partial charge in [-0.05, 0) is 61.6 Å². The number of carbonyl (C=O) groups excluding carboxylic acids is 1. The minimum absolute atomic E-state index is 0.0356. The van der Waals surface area contributed by atoms with Crippen LogP contribution in [-0.4, -0.2) is 30.1 Å². The van der Waals surface area contributed by atoms with Crippen molar-refractivity contribution in [2.45, 2.75) is 38.8 Å². The molecule has 30 heavy (non-hydrogen) atoms. The lowest BCUT2D eigenvalue weighted by Crippen LogP contribution is -2.36. The molecule has 0 saturated carbocycles. The Morgan fingerprint density at radius 2 is 1.90 bits per heavy atom. The molecule has 3 heterocycles. The van der Waals surface area contributed by atoms with Gasteiger partial charge in [0.1, 0.15) is 5.58 Å². The van der Waals surface area contributed by atoms with Crippen molar-refractivity contribution in [2.75, 3.05) is 13.2 Å². The van der Waals surface area contributed by atoms with Gasteiger partial charge in [0, 0.05) is 18.2 Å². The Kier molecular flexibility index (Phi) is 4.68. The van der Waals surface area contributed by atoms with E-state index in [2.05, 4.69) is 0 Å². The highest BCUT2D eigenvalue weighted by Gasteiger charge is 2.44. The summed E-state index contributed by atoms with van der Waals surface area (Å²) in [6, 6.07) is 10.5. The monoisotopic (exact) mass is 423 g/mol. The van der Waals surface area contributed by atoms with Crippen LogP contribution in [0.1, 0.15) is 51.7 Å². The number of hydrogen-bond donors (Lipinski definition) is 0. The molecule has 1 amide bonds. The summed E-state index contributed by atoms with van der Waals surface area (Å²) >= 11 is 6.09. The molecule has 2 aliphatic rings. The predicted molar refractivity (Wildman–Crippen MR) is 115 cm³/mol. The fourth-order valence-corrected chi connectivity index (χ4v) is 4.83. The lowest BCUT2D eigenvalue weighted by atomic mass is 9.97. The number of ether oxygens (including phenoxy) is 1. The van der Waals surface area contributed by atoms with Crippen LogP contribution >= 0.6 is 11.6 Å². The van der Waals surface area contributed by atoms with Gasteiger partial charge in [-0.15, -0.1) is 0 Å². The molecule has 0 bridgehead atoms. The summed E-state index contributed by atoms with van der Waals surface area (Å²) in [5.74, 6) is -0.131. The zero-order valence-electron chi connectivity index (χ0n) is 16.9. The maximum Gasteiger partial charge on any atom is 0.291 e. The number of aryl methyl sites for hydroxylation is 2. The SMILES string of the molecule is Cc1cc(C)c2c(=O)c3c(oc2c1)C(=O)N(CC1CCCO1)C3c1ccc(Cl)cc1. The van der Waals surface area contributed by atoms with Crippen molar-refractivity contribution in [1.82, 2.24) is 4.90 Å². The van der Waals surface area contributed by atoms with Gasteiger partial charge in [0.15, 0.2) is 5.43 Å². The summed E-state index contributed by atoms with van der Waals surface area (Å²) in [7, 11) is 0. The molecule has 1 saturated heterocycles. The Bertz CT molecular complexity index is 1210. The molecule has 154 valence electrons. The molecule has 5 nitrogen and oxygen atoms in total. The molecular weight excluding hydrogens is 402 g/mol. The van der Waals surface area contributed by atoms with E-state index in [0.717, 1.165) is 29.5 Å². The molecular formula is C24H22ClNO4. The van der Waals surface area contributed by atoms with E-state index in [4.69, 9.17) is 20.8 Å². The summed E-state index contributed by atoms with van der Waals surface area (Å²) in [6.07, 6.45) is 1.84. The van der Waals surface area contributed by atoms with E-state index < -0.39 is 6.04 Å². The highest BCUT2D eigenvalue weighted by Crippen LogP contribution is 2.39. The van der Waals surface area contributed by atoms with Gasteiger partial charge in [-0.25, -0.2) is 0 Å². The molecule has 6 heteroatoms. The van der Waals surface area contributed by atoms with Crippen LogP contribution < -0.4 is 5.43 Å². The third-order valence-electron chi connectivity index (χ3n) is 6.02. The van der Waals surface area contributed by atoms with Crippen LogP contribution in [0.3, 0.4) is 0 Å². The first-order chi connectivity index (χ1) is 14.4. The third kappa shape index (κ3) is 3.04.